The smallest absolute Gasteiger partial charge is 0.193 e. The molecule has 148 valence electrons. The van der Waals surface area contributed by atoms with Crippen LogP contribution in [0.25, 0.3) is 5.69 Å². The maximum atomic E-state index is 14.5. The van der Waals surface area contributed by atoms with E-state index < -0.39 is 0 Å². The van der Waals surface area contributed by atoms with Crippen molar-refractivity contribution < 1.29 is 9.13 Å². The number of ether oxygens (including phenoxy) is 1. The largest absolute Gasteiger partial charge is 0.381 e. The molecular weight excluding hydrogens is 460 g/mol. The molecule has 0 aliphatic carbocycles. The fourth-order valence-electron chi connectivity index (χ4n) is 3.26. The van der Waals surface area contributed by atoms with Crippen molar-refractivity contribution >= 4 is 29.9 Å². The summed E-state index contributed by atoms with van der Waals surface area (Å²) in [5.41, 5.74) is 1.37. The summed E-state index contributed by atoms with van der Waals surface area (Å²) in [5, 5.41) is 3.30. The van der Waals surface area contributed by atoms with Gasteiger partial charge in [-0.05, 0) is 31.0 Å². The van der Waals surface area contributed by atoms with E-state index in [0.717, 1.165) is 43.5 Å². The molecule has 1 fully saturated rings. The molecule has 2 aromatic rings. The predicted octanol–water partition coefficient (Wildman–Crippen LogP) is 2.98. The molecule has 1 atom stereocenters. The van der Waals surface area contributed by atoms with Gasteiger partial charge in [-0.1, -0.05) is 6.07 Å². The third kappa shape index (κ3) is 5.41. The SMILES string of the molecule is CN=C(NCc1ccc(-n2ccnc2C)c(F)c1)N(C)CC1CCOC1.I. The molecule has 0 saturated carbocycles. The van der Waals surface area contributed by atoms with Crippen molar-refractivity contribution in [3.63, 3.8) is 0 Å². The van der Waals surface area contributed by atoms with Gasteiger partial charge in [0.2, 0.25) is 0 Å². The van der Waals surface area contributed by atoms with E-state index in [2.05, 4.69) is 20.2 Å². The van der Waals surface area contributed by atoms with Crippen LogP contribution < -0.4 is 5.32 Å². The lowest BCUT2D eigenvalue weighted by atomic mass is 10.1. The average Bonchev–Trinajstić information content (AvgIpc) is 3.27. The van der Waals surface area contributed by atoms with E-state index in [0.29, 0.717) is 18.2 Å². The molecule has 0 bridgehead atoms. The van der Waals surface area contributed by atoms with Crippen LogP contribution in [0.1, 0.15) is 17.8 Å². The van der Waals surface area contributed by atoms with Gasteiger partial charge in [0.1, 0.15) is 11.6 Å². The minimum Gasteiger partial charge on any atom is -0.381 e. The zero-order valence-electron chi connectivity index (χ0n) is 16.0. The standard InChI is InChI=1S/C19H26FN5O.HI/c1-14-22-7-8-25(14)18-5-4-15(10-17(18)20)11-23-19(21-2)24(3)12-16-6-9-26-13-16;/h4-5,7-8,10,16H,6,9,11-13H2,1-3H3,(H,21,23);1H. The molecule has 1 aromatic carbocycles. The van der Waals surface area contributed by atoms with Crippen LogP contribution in [0.4, 0.5) is 4.39 Å². The highest BCUT2D eigenvalue weighted by Crippen LogP contribution is 2.17. The Hall–Kier alpha value is -1.68. The van der Waals surface area contributed by atoms with Crippen molar-refractivity contribution in [2.75, 3.05) is 33.9 Å². The molecule has 1 N–H and O–H groups in total. The van der Waals surface area contributed by atoms with Gasteiger partial charge in [-0.2, -0.15) is 0 Å². The molecular formula is C19H27FIN5O. The van der Waals surface area contributed by atoms with Gasteiger partial charge in [0.15, 0.2) is 5.96 Å². The lowest BCUT2D eigenvalue weighted by Crippen LogP contribution is -2.41. The lowest BCUT2D eigenvalue weighted by Gasteiger charge is -2.24. The number of halogens is 2. The summed E-state index contributed by atoms with van der Waals surface area (Å²) >= 11 is 0. The van der Waals surface area contributed by atoms with Crippen molar-refractivity contribution in [2.24, 2.45) is 10.9 Å². The summed E-state index contributed by atoms with van der Waals surface area (Å²) in [5.74, 6) is 1.82. The number of rotatable bonds is 5. The molecule has 1 saturated heterocycles. The Balaban J connectivity index is 0.00000261. The Morgan fingerprint density at radius 2 is 2.30 bits per heavy atom. The molecule has 1 aliphatic rings. The molecule has 0 amide bonds. The van der Waals surface area contributed by atoms with Crippen molar-refractivity contribution in [2.45, 2.75) is 19.9 Å². The Morgan fingerprint density at radius 3 is 2.89 bits per heavy atom. The van der Waals surface area contributed by atoms with Crippen molar-refractivity contribution in [3.05, 3.63) is 47.8 Å². The van der Waals surface area contributed by atoms with E-state index in [1.807, 2.05) is 20.0 Å². The molecule has 6 nitrogen and oxygen atoms in total. The molecule has 1 unspecified atom stereocenters. The topological polar surface area (TPSA) is 54.7 Å². The van der Waals surface area contributed by atoms with Gasteiger partial charge in [-0.3, -0.25) is 4.99 Å². The number of aryl methyl sites for hydroxylation is 1. The zero-order chi connectivity index (χ0) is 18.5. The first-order chi connectivity index (χ1) is 12.6. The summed E-state index contributed by atoms with van der Waals surface area (Å²) in [6.07, 6.45) is 4.51. The number of guanidine groups is 1. The number of imidazole rings is 1. The highest BCUT2D eigenvalue weighted by Gasteiger charge is 2.19. The molecule has 0 spiro atoms. The van der Waals surface area contributed by atoms with Crippen molar-refractivity contribution in [1.82, 2.24) is 19.8 Å². The summed E-state index contributed by atoms with van der Waals surface area (Å²) in [7, 11) is 3.77. The zero-order valence-corrected chi connectivity index (χ0v) is 18.3. The number of hydrogen-bond acceptors (Lipinski definition) is 3. The number of nitrogens with zero attached hydrogens (tertiary/aromatic N) is 4. The second-order valence-corrected chi connectivity index (χ2v) is 6.64. The van der Waals surface area contributed by atoms with Gasteiger partial charge in [0.25, 0.3) is 0 Å². The minimum absolute atomic E-state index is 0. The molecule has 0 radical (unpaired) electrons. The van der Waals surface area contributed by atoms with Crippen LogP contribution in [0.5, 0.6) is 0 Å². The summed E-state index contributed by atoms with van der Waals surface area (Å²) < 4.78 is 21.7. The lowest BCUT2D eigenvalue weighted by molar-refractivity contribution is 0.181. The number of nitrogens with one attached hydrogen (secondary N) is 1. The Bertz CT molecular complexity index is 773. The van der Waals surface area contributed by atoms with E-state index in [1.165, 1.54) is 0 Å². The summed E-state index contributed by atoms with van der Waals surface area (Å²) in [4.78, 5) is 10.6. The van der Waals surface area contributed by atoms with Crippen molar-refractivity contribution in [1.29, 1.82) is 0 Å². The molecule has 1 aliphatic heterocycles. The van der Waals surface area contributed by atoms with Crippen LogP contribution in [0.15, 0.2) is 35.6 Å². The average molecular weight is 487 g/mol. The predicted molar refractivity (Wildman–Crippen MR) is 115 cm³/mol. The first-order valence-electron chi connectivity index (χ1n) is 8.86. The number of aliphatic imine (C=N–C) groups is 1. The van der Waals surface area contributed by atoms with Crippen molar-refractivity contribution in [3.8, 4) is 5.69 Å². The Morgan fingerprint density at radius 1 is 1.48 bits per heavy atom. The minimum atomic E-state index is -0.267. The van der Waals surface area contributed by atoms with E-state index in [1.54, 1.807) is 36.1 Å². The van der Waals surface area contributed by atoms with Crippen LogP contribution in [0.3, 0.4) is 0 Å². The summed E-state index contributed by atoms with van der Waals surface area (Å²) in [6.45, 7) is 4.91. The Kier molecular flexibility index (Phi) is 8.03. The number of benzene rings is 1. The third-order valence-corrected chi connectivity index (χ3v) is 4.68. The number of aromatic nitrogens is 2. The van der Waals surface area contributed by atoms with Gasteiger partial charge >= 0.3 is 0 Å². The quantitative estimate of drug-likeness (QED) is 0.401. The monoisotopic (exact) mass is 487 g/mol. The number of hydrogen-bond donors (Lipinski definition) is 1. The molecule has 2 heterocycles. The van der Waals surface area contributed by atoms with E-state index >= 15 is 0 Å². The van der Waals surface area contributed by atoms with E-state index in [4.69, 9.17) is 4.74 Å². The first-order valence-corrected chi connectivity index (χ1v) is 8.86. The summed E-state index contributed by atoms with van der Waals surface area (Å²) in [6, 6.07) is 5.26. The molecule has 8 heteroatoms. The van der Waals surface area contributed by atoms with E-state index in [-0.39, 0.29) is 29.8 Å². The van der Waals surface area contributed by atoms with Crippen LogP contribution in [-0.4, -0.2) is 54.3 Å². The van der Waals surface area contributed by atoms with Gasteiger partial charge in [0.05, 0.1) is 12.3 Å². The van der Waals surface area contributed by atoms with Gasteiger partial charge in [0, 0.05) is 52.1 Å². The van der Waals surface area contributed by atoms with Gasteiger partial charge in [-0.25, -0.2) is 9.37 Å². The Labute approximate surface area is 176 Å². The maximum absolute atomic E-state index is 14.5. The normalized spacial score (nSPS) is 16.9. The molecule has 3 rings (SSSR count). The van der Waals surface area contributed by atoms with Crippen LogP contribution in [-0.2, 0) is 11.3 Å². The van der Waals surface area contributed by atoms with Crippen LogP contribution >= 0.6 is 24.0 Å². The second kappa shape index (κ2) is 10.0. The highest BCUT2D eigenvalue weighted by atomic mass is 127. The van der Waals surface area contributed by atoms with Crippen LogP contribution in [0, 0.1) is 18.7 Å². The first kappa shape index (κ1) is 21.6. The highest BCUT2D eigenvalue weighted by molar-refractivity contribution is 14.0. The van der Waals surface area contributed by atoms with Gasteiger partial charge < -0.3 is 19.5 Å². The van der Waals surface area contributed by atoms with Crippen LogP contribution in [0.2, 0.25) is 0 Å². The van der Waals surface area contributed by atoms with E-state index in [9.17, 15) is 4.39 Å². The van der Waals surface area contributed by atoms with Gasteiger partial charge in [-0.15, -0.1) is 24.0 Å². The third-order valence-electron chi connectivity index (χ3n) is 4.68. The fraction of sp³-hybridized carbons (Fsp3) is 0.474. The molecule has 1 aromatic heterocycles. The fourth-order valence-corrected chi connectivity index (χ4v) is 3.26. The second-order valence-electron chi connectivity index (χ2n) is 6.64. The molecule has 27 heavy (non-hydrogen) atoms. The maximum Gasteiger partial charge on any atom is 0.193 e.